The Labute approximate surface area is 110 Å². The molecule has 0 saturated heterocycles. The van der Waals surface area contributed by atoms with Crippen molar-refractivity contribution in [3.05, 3.63) is 18.2 Å². The van der Waals surface area contributed by atoms with E-state index in [-0.39, 0.29) is 0 Å². The van der Waals surface area contributed by atoms with Gasteiger partial charge in [0, 0.05) is 24.3 Å². The summed E-state index contributed by atoms with van der Waals surface area (Å²) in [5, 5.41) is 0. The Hall–Kier alpha value is -1.38. The lowest BCUT2D eigenvalue weighted by Crippen LogP contribution is -2.32. The lowest BCUT2D eigenvalue weighted by molar-refractivity contribution is 0.342. The van der Waals surface area contributed by atoms with Crippen LogP contribution in [0.15, 0.2) is 18.2 Å². The molecule has 0 radical (unpaired) electrons. The molecule has 0 unspecified atom stereocenters. The molecule has 0 aliphatic heterocycles. The van der Waals surface area contributed by atoms with Gasteiger partial charge >= 0.3 is 0 Å². The maximum Gasteiger partial charge on any atom is 0.144 e. The highest BCUT2D eigenvalue weighted by atomic mass is 16.5. The Morgan fingerprint density at radius 2 is 2.00 bits per heavy atom. The largest absolute Gasteiger partial charge is 0.492 e. The van der Waals surface area contributed by atoms with Crippen molar-refractivity contribution >= 4 is 11.4 Å². The van der Waals surface area contributed by atoms with Crippen LogP contribution in [0.1, 0.15) is 39.5 Å². The van der Waals surface area contributed by atoms with Crippen LogP contribution in [0.3, 0.4) is 0 Å². The van der Waals surface area contributed by atoms with E-state index >= 15 is 0 Å². The topological polar surface area (TPSA) is 38.5 Å². The van der Waals surface area contributed by atoms with Gasteiger partial charge < -0.3 is 15.4 Å². The predicted octanol–water partition coefficient (Wildman–Crippen LogP) is 3.44. The standard InChI is InChI=1S/C15H24N2O/c1-3-17(12-7-5-6-8-12)13-9-10-14(16)15(11-13)18-4-2/h9-12H,3-8,16H2,1-2H3. The number of nitrogens with two attached hydrogens (primary N) is 1. The van der Waals surface area contributed by atoms with Crippen molar-refractivity contribution in [2.24, 2.45) is 0 Å². The third-order valence-corrected chi connectivity index (χ3v) is 3.73. The summed E-state index contributed by atoms with van der Waals surface area (Å²) in [6.07, 6.45) is 5.33. The van der Waals surface area contributed by atoms with Gasteiger partial charge in [-0.1, -0.05) is 12.8 Å². The Morgan fingerprint density at radius 3 is 2.61 bits per heavy atom. The molecule has 1 aromatic rings. The predicted molar refractivity (Wildman–Crippen MR) is 77.3 cm³/mol. The summed E-state index contributed by atoms with van der Waals surface area (Å²) in [5.74, 6) is 0.812. The molecule has 1 saturated carbocycles. The first-order valence-electron chi connectivity index (χ1n) is 7.05. The molecule has 0 aromatic heterocycles. The summed E-state index contributed by atoms with van der Waals surface area (Å²) in [7, 11) is 0. The van der Waals surface area contributed by atoms with Gasteiger partial charge in [-0.25, -0.2) is 0 Å². The zero-order valence-corrected chi connectivity index (χ0v) is 11.5. The molecule has 1 fully saturated rings. The first-order valence-corrected chi connectivity index (χ1v) is 7.05. The van der Waals surface area contributed by atoms with Crippen molar-refractivity contribution in [3.8, 4) is 5.75 Å². The molecular weight excluding hydrogens is 224 g/mol. The Morgan fingerprint density at radius 1 is 1.28 bits per heavy atom. The first kappa shape index (κ1) is 13.1. The average Bonchev–Trinajstić information content (AvgIpc) is 2.88. The first-order chi connectivity index (χ1) is 8.76. The second kappa shape index (κ2) is 5.98. The molecule has 1 aliphatic carbocycles. The van der Waals surface area contributed by atoms with E-state index in [0.717, 1.165) is 18.0 Å². The van der Waals surface area contributed by atoms with Gasteiger partial charge in [0.15, 0.2) is 0 Å². The molecule has 3 nitrogen and oxygen atoms in total. The number of hydrogen-bond donors (Lipinski definition) is 1. The Kier molecular flexibility index (Phi) is 4.34. The molecule has 0 amide bonds. The molecule has 0 bridgehead atoms. The molecule has 1 aromatic carbocycles. The zero-order chi connectivity index (χ0) is 13.0. The van der Waals surface area contributed by atoms with E-state index < -0.39 is 0 Å². The highest BCUT2D eigenvalue weighted by molar-refractivity contribution is 5.62. The summed E-state index contributed by atoms with van der Waals surface area (Å²) >= 11 is 0. The third-order valence-electron chi connectivity index (χ3n) is 3.73. The lowest BCUT2D eigenvalue weighted by atomic mass is 10.1. The minimum Gasteiger partial charge on any atom is -0.492 e. The van der Waals surface area contributed by atoms with Crippen LogP contribution in [0.5, 0.6) is 5.75 Å². The third kappa shape index (κ3) is 2.71. The van der Waals surface area contributed by atoms with E-state index in [1.807, 2.05) is 13.0 Å². The van der Waals surface area contributed by atoms with E-state index in [1.54, 1.807) is 0 Å². The average molecular weight is 248 g/mol. The quantitative estimate of drug-likeness (QED) is 0.811. The number of nitrogens with zero attached hydrogens (tertiary/aromatic N) is 1. The maximum absolute atomic E-state index is 5.93. The normalized spacial score (nSPS) is 15.9. The molecule has 18 heavy (non-hydrogen) atoms. The SMILES string of the molecule is CCOc1cc(N(CC)C2CCCC2)ccc1N. The van der Waals surface area contributed by atoms with E-state index in [0.29, 0.717) is 12.6 Å². The van der Waals surface area contributed by atoms with Crippen molar-refractivity contribution < 1.29 is 4.74 Å². The van der Waals surface area contributed by atoms with Gasteiger partial charge in [-0.3, -0.25) is 0 Å². The summed E-state index contributed by atoms with van der Waals surface area (Å²) < 4.78 is 5.58. The lowest BCUT2D eigenvalue weighted by Gasteiger charge is -2.30. The van der Waals surface area contributed by atoms with Crippen LogP contribution >= 0.6 is 0 Å². The minimum atomic E-state index is 0.656. The van der Waals surface area contributed by atoms with Crippen LogP contribution < -0.4 is 15.4 Å². The van der Waals surface area contributed by atoms with Crippen LogP contribution in [-0.2, 0) is 0 Å². The number of benzene rings is 1. The zero-order valence-electron chi connectivity index (χ0n) is 11.5. The minimum absolute atomic E-state index is 0.656. The summed E-state index contributed by atoms with van der Waals surface area (Å²) in [6, 6.07) is 6.84. The molecular formula is C15H24N2O. The van der Waals surface area contributed by atoms with E-state index in [4.69, 9.17) is 10.5 Å². The fourth-order valence-corrected chi connectivity index (χ4v) is 2.85. The van der Waals surface area contributed by atoms with Crippen LogP contribution in [0.4, 0.5) is 11.4 Å². The van der Waals surface area contributed by atoms with Gasteiger partial charge in [-0.05, 0) is 38.8 Å². The Balaban J connectivity index is 2.21. The van der Waals surface area contributed by atoms with E-state index in [2.05, 4.69) is 24.0 Å². The smallest absolute Gasteiger partial charge is 0.144 e. The molecule has 1 aliphatic rings. The highest BCUT2D eigenvalue weighted by Crippen LogP contribution is 2.32. The van der Waals surface area contributed by atoms with Crippen LogP contribution in [-0.4, -0.2) is 19.2 Å². The Bertz CT molecular complexity index is 386. The van der Waals surface area contributed by atoms with Crippen molar-refractivity contribution in [1.29, 1.82) is 0 Å². The monoisotopic (exact) mass is 248 g/mol. The van der Waals surface area contributed by atoms with Crippen molar-refractivity contribution in [2.45, 2.75) is 45.6 Å². The van der Waals surface area contributed by atoms with Crippen LogP contribution in [0.25, 0.3) is 0 Å². The summed E-state index contributed by atoms with van der Waals surface area (Å²) in [6.45, 7) is 5.90. The van der Waals surface area contributed by atoms with Gasteiger partial charge in [-0.2, -0.15) is 0 Å². The molecule has 2 rings (SSSR count). The second-order valence-electron chi connectivity index (χ2n) is 4.88. The van der Waals surface area contributed by atoms with Gasteiger partial charge in [-0.15, -0.1) is 0 Å². The van der Waals surface area contributed by atoms with Gasteiger partial charge in [0.25, 0.3) is 0 Å². The molecule has 0 heterocycles. The fourth-order valence-electron chi connectivity index (χ4n) is 2.85. The van der Waals surface area contributed by atoms with Crippen molar-refractivity contribution in [3.63, 3.8) is 0 Å². The molecule has 0 atom stereocenters. The van der Waals surface area contributed by atoms with E-state index in [9.17, 15) is 0 Å². The van der Waals surface area contributed by atoms with Crippen LogP contribution in [0.2, 0.25) is 0 Å². The van der Waals surface area contributed by atoms with Crippen molar-refractivity contribution in [2.75, 3.05) is 23.8 Å². The van der Waals surface area contributed by atoms with Crippen LogP contribution in [0, 0.1) is 0 Å². The molecule has 2 N–H and O–H groups in total. The number of hydrogen-bond acceptors (Lipinski definition) is 3. The summed E-state index contributed by atoms with van der Waals surface area (Å²) in [5.41, 5.74) is 7.89. The molecule has 3 heteroatoms. The maximum atomic E-state index is 5.93. The van der Waals surface area contributed by atoms with Crippen molar-refractivity contribution in [1.82, 2.24) is 0 Å². The number of rotatable bonds is 5. The second-order valence-corrected chi connectivity index (χ2v) is 4.88. The van der Waals surface area contributed by atoms with Gasteiger partial charge in [0.2, 0.25) is 0 Å². The highest BCUT2D eigenvalue weighted by Gasteiger charge is 2.22. The molecule has 0 spiro atoms. The summed E-state index contributed by atoms with van der Waals surface area (Å²) in [4.78, 5) is 2.48. The van der Waals surface area contributed by atoms with Gasteiger partial charge in [0.05, 0.1) is 12.3 Å². The fraction of sp³-hybridized carbons (Fsp3) is 0.600. The number of ether oxygens (including phenoxy) is 1. The number of nitrogen functional groups attached to an aromatic ring is 1. The van der Waals surface area contributed by atoms with E-state index in [1.165, 1.54) is 31.4 Å². The van der Waals surface area contributed by atoms with Gasteiger partial charge in [0.1, 0.15) is 5.75 Å². The molecule has 100 valence electrons. The number of anilines is 2.